The first-order chi connectivity index (χ1) is 70.1. The van der Waals surface area contributed by atoms with Gasteiger partial charge in [-0.15, -0.1) is 15.0 Å². The Labute approximate surface area is 820 Å². The van der Waals surface area contributed by atoms with Crippen molar-refractivity contribution in [2.45, 2.75) is 0 Å². The van der Waals surface area contributed by atoms with E-state index in [0.717, 1.165) is 62.3 Å². The first-order valence-corrected chi connectivity index (χ1v) is 46.0. The molecule has 0 aliphatic carbocycles. The molecule has 23 aromatic rings. The highest BCUT2D eigenvalue weighted by molar-refractivity contribution is 6.19. The monoisotopic (exact) mass is 1810 g/mol. The van der Waals surface area contributed by atoms with Crippen molar-refractivity contribution in [3.05, 3.63) is 525 Å². The van der Waals surface area contributed by atoms with E-state index in [2.05, 4.69) is 537 Å². The fourth-order valence-electron chi connectivity index (χ4n) is 18.1. The zero-order chi connectivity index (χ0) is 96.2. The average molecular weight is 1820 g/mol. The number of rotatable bonds is 18. The SMILES string of the molecule is [C-]#[N+]c1nc2c(nc1C#N)c1nc(C#N)c(C#N)nc1c1nc([N+]#[C-])c([N+]#[C-])nc21.c1ccc(-c2ccc(N(c3ccc(-c4ccccc4)cc3)c3ccc(-c4ccc(N(c5ccc(-c6ccccc6)cc5)c5ccc(-c6ccccc6)cc5)cc4)cc3)cc2)cc1.c1ccc(-c2ccc(N(c3ccc(-c4ccccc4)cc3)c3ccc(-c4ccc5c(c4)c4ccccc4n5-c4ccccc4)cc3)cc2)cc1. The van der Waals surface area contributed by atoms with Gasteiger partial charge in [0.25, 0.3) is 17.2 Å². The van der Waals surface area contributed by atoms with Crippen LogP contribution in [-0.4, -0.2) is 34.5 Å². The van der Waals surface area contributed by atoms with Crippen LogP contribution in [0.25, 0.3) is 164 Å². The maximum atomic E-state index is 9.30. The van der Waals surface area contributed by atoms with Crippen LogP contribution in [0.15, 0.2) is 473 Å². The van der Waals surface area contributed by atoms with Gasteiger partial charge in [-0.2, -0.15) is 15.8 Å². The number of fused-ring (bicyclic) bond motifs is 9. The van der Waals surface area contributed by atoms with Crippen LogP contribution in [0.1, 0.15) is 17.1 Å². The minimum Gasteiger partial charge on any atom is -0.370 e. The van der Waals surface area contributed by atoms with E-state index in [0.29, 0.717) is 0 Å². The van der Waals surface area contributed by atoms with Crippen molar-refractivity contribution in [3.63, 3.8) is 0 Å². The molecular weight excluding hydrogens is 1740 g/mol. The highest BCUT2D eigenvalue weighted by atomic mass is 15.2. The normalized spacial score (nSPS) is 10.8. The number of para-hydroxylation sites is 2. The van der Waals surface area contributed by atoms with Gasteiger partial charge in [0.15, 0.2) is 17.1 Å². The molecule has 4 aromatic heterocycles. The Bertz CT molecular complexity index is 8040. The third kappa shape index (κ3) is 17.9. The number of benzene rings is 19. The molecule has 0 radical (unpaired) electrons. The van der Waals surface area contributed by atoms with Crippen LogP contribution in [0, 0.1) is 53.7 Å². The van der Waals surface area contributed by atoms with Crippen LogP contribution in [0.3, 0.4) is 0 Å². The van der Waals surface area contributed by atoms with Crippen molar-refractivity contribution < 1.29 is 0 Å². The Kier molecular flexibility index (Phi) is 24.7. The van der Waals surface area contributed by atoms with Gasteiger partial charge in [0.1, 0.15) is 34.8 Å². The van der Waals surface area contributed by atoms with E-state index in [1.807, 2.05) is 0 Å². The lowest BCUT2D eigenvalue weighted by molar-refractivity contribution is 1.18. The summed E-state index contributed by atoms with van der Waals surface area (Å²) in [4.78, 5) is 41.4. The summed E-state index contributed by atoms with van der Waals surface area (Å²) >= 11 is 0. The summed E-state index contributed by atoms with van der Waals surface area (Å²) in [5.74, 6) is -0.890. The molecular formula is C126H78N16. The molecule has 0 saturated carbocycles. The number of nitrogens with zero attached hydrogens (tertiary/aromatic N) is 16. The van der Waals surface area contributed by atoms with E-state index in [1.54, 1.807) is 18.2 Å². The van der Waals surface area contributed by atoms with Crippen LogP contribution in [0.2, 0.25) is 0 Å². The van der Waals surface area contributed by atoms with Gasteiger partial charge in [0.2, 0.25) is 11.0 Å². The molecule has 0 spiro atoms. The van der Waals surface area contributed by atoms with Crippen molar-refractivity contribution in [1.29, 1.82) is 15.8 Å². The molecule has 0 aliphatic heterocycles. The van der Waals surface area contributed by atoms with Crippen LogP contribution >= 0.6 is 0 Å². The Morgan fingerprint density at radius 3 is 0.641 bits per heavy atom. The molecule has 662 valence electrons. The van der Waals surface area contributed by atoms with Gasteiger partial charge in [-0.1, -0.05) is 353 Å². The fraction of sp³-hybridized carbons (Fsp3) is 0. The predicted molar refractivity (Wildman–Crippen MR) is 573 cm³/mol. The Hall–Kier alpha value is -20.7. The minimum atomic E-state index is -0.298. The number of nitriles is 3. The second-order valence-corrected chi connectivity index (χ2v) is 33.5. The van der Waals surface area contributed by atoms with Gasteiger partial charge < -0.3 is 33.8 Å². The molecule has 4 heterocycles. The molecule has 16 heteroatoms. The summed E-state index contributed by atoms with van der Waals surface area (Å²) in [7, 11) is 0. The summed E-state index contributed by atoms with van der Waals surface area (Å²) in [5, 5.41) is 30.4. The Morgan fingerprint density at radius 2 is 0.387 bits per heavy atom. The summed E-state index contributed by atoms with van der Waals surface area (Å²) < 4.78 is 2.36. The summed E-state index contributed by atoms with van der Waals surface area (Å²) in [6, 6.07) is 175. The van der Waals surface area contributed by atoms with Gasteiger partial charge >= 0.3 is 5.82 Å². The summed E-state index contributed by atoms with van der Waals surface area (Å²) in [6.07, 6.45) is 0. The molecule has 0 N–H and O–H groups in total. The highest BCUT2D eigenvalue weighted by Crippen LogP contribution is 2.45. The maximum absolute atomic E-state index is 9.30. The summed E-state index contributed by atoms with van der Waals surface area (Å²) in [5.41, 5.74) is 31.8. The Morgan fingerprint density at radius 1 is 0.190 bits per heavy atom. The van der Waals surface area contributed by atoms with Gasteiger partial charge in [-0.25, -0.2) is 15.0 Å². The molecule has 0 saturated heterocycles. The number of aromatic nitrogens is 7. The lowest BCUT2D eigenvalue weighted by atomic mass is 10.0. The summed E-state index contributed by atoms with van der Waals surface area (Å²) in [6.45, 7) is 21.7. The zero-order valence-electron chi connectivity index (χ0n) is 76.2. The molecule has 0 atom stereocenters. The van der Waals surface area contributed by atoms with E-state index < -0.39 is 0 Å². The first-order valence-electron chi connectivity index (χ1n) is 46.0. The van der Waals surface area contributed by atoms with Crippen molar-refractivity contribution in [1.82, 2.24) is 34.5 Å². The second kappa shape index (κ2) is 39.9. The molecule has 16 nitrogen and oxygen atoms in total. The lowest BCUT2D eigenvalue weighted by Gasteiger charge is -2.27. The van der Waals surface area contributed by atoms with Crippen molar-refractivity contribution in [2.75, 3.05) is 14.7 Å². The number of hydrogen-bond donors (Lipinski definition) is 0. The highest BCUT2D eigenvalue weighted by Gasteiger charge is 2.30. The van der Waals surface area contributed by atoms with Gasteiger partial charge in [-0.05, 0) is 229 Å². The first kappa shape index (κ1) is 88.0. The molecule has 0 fully saturated rings. The third-order valence-electron chi connectivity index (χ3n) is 25.1. The molecule has 142 heavy (non-hydrogen) atoms. The molecule has 0 amide bonds. The lowest BCUT2D eigenvalue weighted by Crippen LogP contribution is -2.10. The maximum Gasteiger partial charge on any atom is 0.307 e. The van der Waals surface area contributed by atoms with Crippen LogP contribution in [0.5, 0.6) is 0 Å². The van der Waals surface area contributed by atoms with Crippen molar-refractivity contribution in [2.24, 2.45) is 0 Å². The van der Waals surface area contributed by atoms with Crippen LogP contribution < -0.4 is 14.7 Å². The minimum absolute atomic E-state index is 0.000622. The number of hydrogen-bond acceptors (Lipinski definition) is 12. The molecule has 0 unspecified atom stereocenters. The molecule has 19 aromatic carbocycles. The molecule has 0 aliphatic rings. The van der Waals surface area contributed by atoms with E-state index in [9.17, 15) is 15.8 Å². The molecule has 23 rings (SSSR count). The molecule has 0 bridgehead atoms. The van der Waals surface area contributed by atoms with E-state index in [4.69, 9.17) is 19.7 Å². The Balaban J connectivity index is 0.000000133. The second-order valence-electron chi connectivity index (χ2n) is 33.5. The quantitative estimate of drug-likeness (QED) is 0.0588. The van der Waals surface area contributed by atoms with E-state index in [-0.39, 0.29) is 67.6 Å². The largest absolute Gasteiger partial charge is 0.370 e. The van der Waals surface area contributed by atoms with Crippen LogP contribution in [-0.2, 0) is 0 Å². The van der Waals surface area contributed by atoms with E-state index in [1.165, 1.54) is 105 Å². The fourth-order valence-corrected chi connectivity index (χ4v) is 18.1. The van der Waals surface area contributed by atoms with Crippen LogP contribution in [0.4, 0.5) is 68.6 Å². The number of anilines is 9. The predicted octanol–water partition coefficient (Wildman–Crippen LogP) is 33.0. The van der Waals surface area contributed by atoms with Crippen molar-refractivity contribution >= 4 is 124 Å². The third-order valence-corrected chi connectivity index (χ3v) is 25.1. The zero-order valence-corrected chi connectivity index (χ0v) is 76.2. The van der Waals surface area contributed by atoms with E-state index >= 15 is 0 Å². The average Bonchev–Trinajstić information content (AvgIpc) is 1.40. The van der Waals surface area contributed by atoms with Gasteiger partial charge in [-0.3, -0.25) is 0 Å². The topological polar surface area (TPSA) is 176 Å². The van der Waals surface area contributed by atoms with Gasteiger partial charge in [0.05, 0.1) is 11.0 Å². The van der Waals surface area contributed by atoms with Gasteiger partial charge in [0, 0.05) is 67.6 Å². The smallest absolute Gasteiger partial charge is 0.307 e. The van der Waals surface area contributed by atoms with Crippen molar-refractivity contribution in [3.8, 4) is 113 Å². The standard InChI is InChI=1S/C60H44N2.C48H34N2.C18N12/c1-5-13-45(14-6-1)49-21-33-55(34-22-49)61(56-35-23-50(24-36-56)46-15-7-2-8-16-46)59-41-29-53(30-42-59)54-31-43-60(44-32-54)62(57-37-25-51(26-38-57)47-17-9-3-10-18-47)58-39-27-52(28-40-58)48-19-11-4-12-20-48;1-4-12-35(13-5-1)37-20-27-42(28-21-37)49(43-29-22-38(23-30-43)36-14-6-2-7-15-36)44-31-24-39(25-32-44)40-26-33-48-46(34-40)45-18-10-11-19-47(45)50(48)41-16-8-3-9-17-41;1-22-16-9(6-21)27-12-10-11(26-8(5-20)7(4-19)25-10)14-15(13(12)28-16)30-18(24-3)17(23-2)29-14/h1-44H;1-34H;.